The molecule has 2 heterocycles. The molecule has 0 saturated carbocycles. The number of aryl methyl sites for hydroxylation is 2. The third-order valence-electron chi connectivity index (χ3n) is 5.52. The molecule has 4 rings (SSSR count). The molecule has 0 atom stereocenters. The number of fused-ring (bicyclic) bond motifs is 1. The van der Waals surface area contributed by atoms with Gasteiger partial charge >= 0.3 is 0 Å². The number of carbonyl (C=O) groups is 1. The van der Waals surface area contributed by atoms with Crippen LogP contribution in [0.15, 0.2) is 60.8 Å². The lowest BCUT2D eigenvalue weighted by atomic mass is 10.1. The smallest absolute Gasteiger partial charge is 0.226 e. The molecule has 1 amide bonds. The van der Waals surface area contributed by atoms with Crippen molar-refractivity contribution in [2.75, 3.05) is 13.7 Å². The Morgan fingerprint density at radius 1 is 1.09 bits per heavy atom. The Hall–Kier alpha value is -3.67. The first-order valence-corrected chi connectivity index (χ1v) is 10.6. The number of nitrogens with one attached hydrogen (secondary N) is 1. The number of imidazole rings is 1. The highest BCUT2D eigenvalue weighted by Crippen LogP contribution is 2.27. The molecule has 5 nitrogen and oxygen atoms in total. The van der Waals surface area contributed by atoms with Crippen LogP contribution in [0.25, 0.3) is 16.9 Å². The molecule has 0 aliphatic rings. The Morgan fingerprint density at radius 3 is 2.59 bits per heavy atom. The van der Waals surface area contributed by atoms with Crippen LogP contribution in [-0.4, -0.2) is 28.9 Å². The standard InChI is InChI=1S/C26H26FN3O2/c1-17-4-11-24-29-26(20-7-10-22(27)18(2)14-20)23(30(24)16-17)15-25(31)28-13-12-19-5-8-21(32-3)9-6-19/h4-11,14,16H,12-13,15H2,1-3H3,(H,28,31). The van der Waals surface area contributed by atoms with E-state index < -0.39 is 0 Å². The Kier molecular flexibility index (Phi) is 6.21. The zero-order valence-corrected chi connectivity index (χ0v) is 18.5. The predicted molar refractivity (Wildman–Crippen MR) is 123 cm³/mol. The summed E-state index contributed by atoms with van der Waals surface area (Å²) < 4.78 is 20.9. The molecule has 0 fully saturated rings. The first-order chi connectivity index (χ1) is 15.4. The number of rotatable bonds is 7. The highest BCUT2D eigenvalue weighted by Gasteiger charge is 2.18. The summed E-state index contributed by atoms with van der Waals surface area (Å²) in [5, 5.41) is 3.01. The van der Waals surface area contributed by atoms with Gasteiger partial charge in [0.1, 0.15) is 17.2 Å². The van der Waals surface area contributed by atoms with E-state index in [0.717, 1.165) is 40.2 Å². The van der Waals surface area contributed by atoms with Crippen LogP contribution in [0.3, 0.4) is 0 Å². The summed E-state index contributed by atoms with van der Waals surface area (Å²) in [6.07, 6.45) is 2.88. The van der Waals surface area contributed by atoms with E-state index in [4.69, 9.17) is 9.72 Å². The van der Waals surface area contributed by atoms with E-state index in [-0.39, 0.29) is 18.1 Å². The minimum Gasteiger partial charge on any atom is -0.497 e. The lowest BCUT2D eigenvalue weighted by molar-refractivity contribution is -0.120. The number of hydrogen-bond donors (Lipinski definition) is 1. The van der Waals surface area contributed by atoms with E-state index in [0.29, 0.717) is 17.8 Å². The van der Waals surface area contributed by atoms with Crippen molar-refractivity contribution in [3.63, 3.8) is 0 Å². The molecule has 32 heavy (non-hydrogen) atoms. The van der Waals surface area contributed by atoms with Crippen molar-refractivity contribution in [3.8, 4) is 17.0 Å². The molecule has 0 aliphatic heterocycles. The summed E-state index contributed by atoms with van der Waals surface area (Å²) in [7, 11) is 1.64. The molecular formula is C26H26FN3O2. The quantitative estimate of drug-likeness (QED) is 0.463. The fraction of sp³-hybridized carbons (Fsp3) is 0.231. The second-order valence-corrected chi connectivity index (χ2v) is 7.93. The van der Waals surface area contributed by atoms with Gasteiger partial charge in [0.05, 0.1) is 24.9 Å². The number of methoxy groups -OCH3 is 1. The number of pyridine rings is 1. The number of benzene rings is 2. The highest BCUT2D eigenvalue weighted by atomic mass is 19.1. The Balaban J connectivity index is 1.54. The molecule has 164 valence electrons. The van der Waals surface area contributed by atoms with Crippen LogP contribution in [0, 0.1) is 19.7 Å². The number of hydrogen-bond acceptors (Lipinski definition) is 3. The van der Waals surface area contributed by atoms with Crippen LogP contribution >= 0.6 is 0 Å². The fourth-order valence-corrected chi connectivity index (χ4v) is 3.74. The second kappa shape index (κ2) is 9.22. The maximum absolute atomic E-state index is 13.8. The SMILES string of the molecule is COc1ccc(CCNC(=O)Cc2c(-c3ccc(F)c(C)c3)nc3ccc(C)cn23)cc1. The van der Waals surface area contributed by atoms with Crippen molar-refractivity contribution in [2.45, 2.75) is 26.7 Å². The number of halogens is 1. The van der Waals surface area contributed by atoms with Gasteiger partial charge in [-0.2, -0.15) is 0 Å². The lowest BCUT2D eigenvalue weighted by Crippen LogP contribution is -2.27. The molecule has 0 spiro atoms. The summed E-state index contributed by atoms with van der Waals surface area (Å²) in [6, 6.07) is 16.7. The average molecular weight is 432 g/mol. The van der Waals surface area contributed by atoms with E-state index in [1.54, 1.807) is 26.2 Å². The van der Waals surface area contributed by atoms with Gasteiger partial charge in [0.15, 0.2) is 0 Å². The van der Waals surface area contributed by atoms with Crippen molar-refractivity contribution in [1.82, 2.24) is 14.7 Å². The van der Waals surface area contributed by atoms with Gasteiger partial charge in [-0.15, -0.1) is 0 Å². The largest absolute Gasteiger partial charge is 0.497 e. The van der Waals surface area contributed by atoms with Gasteiger partial charge in [-0.1, -0.05) is 18.2 Å². The molecule has 2 aromatic heterocycles. The molecule has 0 unspecified atom stereocenters. The van der Waals surface area contributed by atoms with E-state index >= 15 is 0 Å². The van der Waals surface area contributed by atoms with Crippen LogP contribution in [-0.2, 0) is 17.6 Å². The molecule has 1 N–H and O–H groups in total. The van der Waals surface area contributed by atoms with Crippen LogP contribution < -0.4 is 10.1 Å². The lowest BCUT2D eigenvalue weighted by Gasteiger charge is -2.09. The molecule has 4 aromatic rings. The third-order valence-corrected chi connectivity index (χ3v) is 5.52. The number of ether oxygens (including phenoxy) is 1. The summed E-state index contributed by atoms with van der Waals surface area (Å²) in [6.45, 7) is 4.26. The monoisotopic (exact) mass is 431 g/mol. The van der Waals surface area contributed by atoms with E-state index in [2.05, 4.69) is 5.32 Å². The fourth-order valence-electron chi connectivity index (χ4n) is 3.74. The predicted octanol–water partition coefficient (Wildman–Crippen LogP) is 4.67. The topological polar surface area (TPSA) is 55.6 Å². The van der Waals surface area contributed by atoms with Gasteiger partial charge in [-0.3, -0.25) is 4.79 Å². The van der Waals surface area contributed by atoms with E-state index in [9.17, 15) is 9.18 Å². The first kappa shape index (κ1) is 21.6. The normalized spacial score (nSPS) is 11.0. The van der Waals surface area contributed by atoms with Gasteiger partial charge in [-0.05, 0) is 73.4 Å². The Labute approximate surface area is 186 Å². The second-order valence-electron chi connectivity index (χ2n) is 7.93. The van der Waals surface area contributed by atoms with Crippen LogP contribution in [0.2, 0.25) is 0 Å². The summed E-state index contributed by atoms with van der Waals surface area (Å²) >= 11 is 0. The van der Waals surface area contributed by atoms with Crippen LogP contribution in [0.4, 0.5) is 4.39 Å². The van der Waals surface area contributed by atoms with Crippen LogP contribution in [0.1, 0.15) is 22.4 Å². The summed E-state index contributed by atoms with van der Waals surface area (Å²) in [5.41, 5.74) is 5.78. The zero-order chi connectivity index (χ0) is 22.7. The van der Waals surface area contributed by atoms with Crippen molar-refractivity contribution in [1.29, 1.82) is 0 Å². The minimum absolute atomic E-state index is 0.0816. The van der Waals surface area contributed by atoms with E-state index in [1.165, 1.54) is 6.07 Å². The van der Waals surface area contributed by atoms with Gasteiger partial charge in [-0.25, -0.2) is 9.37 Å². The van der Waals surface area contributed by atoms with Crippen molar-refractivity contribution < 1.29 is 13.9 Å². The Bertz CT molecular complexity index is 1260. The molecule has 0 radical (unpaired) electrons. The molecule has 6 heteroatoms. The molecule has 0 bridgehead atoms. The van der Waals surface area contributed by atoms with Gasteiger partial charge < -0.3 is 14.5 Å². The molecule has 0 aliphatic carbocycles. The summed E-state index contributed by atoms with van der Waals surface area (Å²) in [4.78, 5) is 17.5. The van der Waals surface area contributed by atoms with Gasteiger partial charge in [0.25, 0.3) is 0 Å². The van der Waals surface area contributed by atoms with Gasteiger partial charge in [0.2, 0.25) is 5.91 Å². The maximum atomic E-state index is 13.8. The van der Waals surface area contributed by atoms with Crippen molar-refractivity contribution in [2.24, 2.45) is 0 Å². The molecular weight excluding hydrogens is 405 g/mol. The first-order valence-electron chi connectivity index (χ1n) is 10.6. The van der Waals surface area contributed by atoms with E-state index in [1.807, 2.05) is 53.9 Å². The maximum Gasteiger partial charge on any atom is 0.226 e. The average Bonchev–Trinajstić information content (AvgIpc) is 3.13. The van der Waals surface area contributed by atoms with Gasteiger partial charge in [0, 0.05) is 18.3 Å². The van der Waals surface area contributed by atoms with Crippen molar-refractivity contribution >= 4 is 11.6 Å². The number of amides is 1. The number of carbonyl (C=O) groups excluding carboxylic acids is 1. The zero-order valence-electron chi connectivity index (χ0n) is 18.5. The van der Waals surface area contributed by atoms with Crippen molar-refractivity contribution in [3.05, 3.63) is 89.0 Å². The van der Waals surface area contributed by atoms with Crippen LogP contribution in [0.5, 0.6) is 5.75 Å². The molecule has 2 aromatic carbocycles. The molecule has 0 saturated heterocycles. The Morgan fingerprint density at radius 2 is 1.88 bits per heavy atom. The number of aromatic nitrogens is 2. The minimum atomic E-state index is -0.258. The summed E-state index contributed by atoms with van der Waals surface area (Å²) in [5.74, 6) is 0.470. The third kappa shape index (κ3) is 4.64. The highest BCUT2D eigenvalue weighted by molar-refractivity contribution is 5.81. The number of nitrogens with zero attached hydrogens (tertiary/aromatic N) is 2.